The zero-order valence-corrected chi connectivity index (χ0v) is 10.2. The number of furan rings is 1. The molecule has 2 rings (SSSR count). The van der Waals surface area contributed by atoms with Crippen LogP contribution in [-0.4, -0.2) is 35.0 Å². The SMILES string of the molecule is O=C(O)c1coc(C(=O)N2CCCCCCC2)c1. The smallest absolute Gasteiger partial charge is 0.338 e. The van der Waals surface area contributed by atoms with E-state index in [4.69, 9.17) is 9.52 Å². The molecule has 0 atom stereocenters. The molecule has 5 nitrogen and oxygen atoms in total. The number of carboxylic acids is 1. The standard InChI is InChI=1S/C13H17NO4/c15-12(11-8-10(9-18-11)13(16)17)14-6-4-2-1-3-5-7-14/h8-9H,1-7H2,(H,16,17). The van der Waals surface area contributed by atoms with Gasteiger partial charge in [-0.3, -0.25) is 4.79 Å². The van der Waals surface area contributed by atoms with E-state index in [0.717, 1.165) is 45.0 Å². The highest BCUT2D eigenvalue weighted by Crippen LogP contribution is 2.15. The first-order chi connectivity index (χ1) is 8.68. The van der Waals surface area contributed by atoms with Crippen molar-refractivity contribution >= 4 is 11.9 Å². The van der Waals surface area contributed by atoms with Gasteiger partial charge in [0.05, 0.1) is 5.56 Å². The van der Waals surface area contributed by atoms with Crippen molar-refractivity contribution in [2.75, 3.05) is 13.1 Å². The molecule has 0 bridgehead atoms. The number of carbonyl (C=O) groups excluding carboxylic acids is 1. The summed E-state index contributed by atoms with van der Waals surface area (Å²) in [4.78, 5) is 24.6. The Bertz CT molecular complexity index is 430. The fourth-order valence-corrected chi connectivity index (χ4v) is 2.17. The highest BCUT2D eigenvalue weighted by molar-refractivity contribution is 5.95. The molecule has 0 aromatic carbocycles. The number of hydrogen-bond donors (Lipinski definition) is 1. The van der Waals surface area contributed by atoms with E-state index in [1.807, 2.05) is 0 Å². The Morgan fingerprint density at radius 2 is 1.72 bits per heavy atom. The van der Waals surface area contributed by atoms with Crippen LogP contribution in [-0.2, 0) is 0 Å². The van der Waals surface area contributed by atoms with E-state index in [9.17, 15) is 9.59 Å². The van der Waals surface area contributed by atoms with Crippen LogP contribution >= 0.6 is 0 Å². The zero-order chi connectivity index (χ0) is 13.0. The maximum absolute atomic E-state index is 12.1. The molecule has 0 aliphatic carbocycles. The van der Waals surface area contributed by atoms with Crippen LogP contribution in [0, 0.1) is 0 Å². The lowest BCUT2D eigenvalue weighted by Crippen LogP contribution is -2.33. The first-order valence-corrected chi connectivity index (χ1v) is 6.29. The summed E-state index contributed by atoms with van der Waals surface area (Å²) in [5.41, 5.74) is 0.0189. The molecule has 1 aromatic rings. The van der Waals surface area contributed by atoms with Crippen molar-refractivity contribution < 1.29 is 19.1 Å². The fourth-order valence-electron chi connectivity index (χ4n) is 2.17. The minimum absolute atomic E-state index is 0.0189. The van der Waals surface area contributed by atoms with Gasteiger partial charge in [-0.25, -0.2) is 4.79 Å². The van der Waals surface area contributed by atoms with E-state index in [-0.39, 0.29) is 17.2 Å². The van der Waals surface area contributed by atoms with Gasteiger partial charge in [-0.1, -0.05) is 19.3 Å². The van der Waals surface area contributed by atoms with Crippen LogP contribution in [0.4, 0.5) is 0 Å². The maximum Gasteiger partial charge on any atom is 0.338 e. The molecule has 0 unspecified atom stereocenters. The van der Waals surface area contributed by atoms with Crippen LogP contribution < -0.4 is 0 Å². The van der Waals surface area contributed by atoms with Crippen molar-refractivity contribution in [1.29, 1.82) is 0 Å². The summed E-state index contributed by atoms with van der Waals surface area (Å²) >= 11 is 0. The summed E-state index contributed by atoms with van der Waals surface area (Å²) in [5.74, 6) is -1.16. The molecule has 0 saturated carbocycles. The number of amides is 1. The number of aromatic carboxylic acids is 1. The van der Waals surface area contributed by atoms with Gasteiger partial charge in [0.15, 0.2) is 5.76 Å². The molecule has 2 heterocycles. The molecule has 0 spiro atoms. The maximum atomic E-state index is 12.1. The largest absolute Gasteiger partial charge is 0.478 e. The molecule has 1 saturated heterocycles. The minimum Gasteiger partial charge on any atom is -0.478 e. The van der Waals surface area contributed by atoms with Gasteiger partial charge < -0.3 is 14.4 Å². The first kappa shape index (κ1) is 12.7. The van der Waals surface area contributed by atoms with Gasteiger partial charge in [-0.05, 0) is 12.8 Å². The molecular weight excluding hydrogens is 234 g/mol. The van der Waals surface area contributed by atoms with Gasteiger partial charge in [-0.15, -0.1) is 0 Å². The Balaban J connectivity index is 2.05. The van der Waals surface area contributed by atoms with Crippen LogP contribution in [0.15, 0.2) is 16.7 Å². The lowest BCUT2D eigenvalue weighted by molar-refractivity contribution is 0.0692. The van der Waals surface area contributed by atoms with Gasteiger partial charge in [0.25, 0.3) is 5.91 Å². The third kappa shape index (κ3) is 2.91. The average Bonchev–Trinajstić information content (AvgIpc) is 2.77. The van der Waals surface area contributed by atoms with E-state index in [1.165, 1.54) is 12.5 Å². The Kier molecular flexibility index (Phi) is 4.02. The number of carboxylic acid groups (broad SMARTS) is 1. The second-order valence-corrected chi connectivity index (χ2v) is 4.56. The molecular formula is C13H17NO4. The summed E-state index contributed by atoms with van der Waals surface area (Å²) in [6.45, 7) is 1.45. The molecule has 98 valence electrons. The second kappa shape index (κ2) is 5.71. The predicted octanol–water partition coefficient (Wildman–Crippen LogP) is 2.38. The van der Waals surface area contributed by atoms with Crippen LogP contribution in [0.2, 0.25) is 0 Å². The Hall–Kier alpha value is -1.78. The van der Waals surface area contributed by atoms with Crippen molar-refractivity contribution in [1.82, 2.24) is 4.90 Å². The summed E-state index contributed by atoms with van der Waals surface area (Å²) < 4.78 is 5.04. The highest BCUT2D eigenvalue weighted by Gasteiger charge is 2.21. The Morgan fingerprint density at radius 3 is 2.28 bits per heavy atom. The Morgan fingerprint density at radius 1 is 1.11 bits per heavy atom. The van der Waals surface area contributed by atoms with Gasteiger partial charge in [0.2, 0.25) is 0 Å². The van der Waals surface area contributed by atoms with Crippen LogP contribution in [0.5, 0.6) is 0 Å². The van der Waals surface area contributed by atoms with Crippen LogP contribution in [0.25, 0.3) is 0 Å². The molecule has 18 heavy (non-hydrogen) atoms. The van der Waals surface area contributed by atoms with E-state index in [1.54, 1.807) is 4.90 Å². The lowest BCUT2D eigenvalue weighted by atomic mass is 10.1. The lowest BCUT2D eigenvalue weighted by Gasteiger charge is -2.23. The number of nitrogens with zero attached hydrogens (tertiary/aromatic N) is 1. The predicted molar refractivity (Wildman–Crippen MR) is 64.7 cm³/mol. The summed E-state index contributed by atoms with van der Waals surface area (Å²) in [6, 6.07) is 1.30. The van der Waals surface area contributed by atoms with Gasteiger partial charge in [0.1, 0.15) is 6.26 Å². The van der Waals surface area contributed by atoms with Crippen molar-refractivity contribution in [3.8, 4) is 0 Å². The third-order valence-electron chi connectivity index (χ3n) is 3.20. The third-order valence-corrected chi connectivity index (χ3v) is 3.20. The first-order valence-electron chi connectivity index (χ1n) is 6.29. The van der Waals surface area contributed by atoms with Crippen molar-refractivity contribution in [2.45, 2.75) is 32.1 Å². The molecule has 1 aliphatic heterocycles. The van der Waals surface area contributed by atoms with Crippen LogP contribution in [0.3, 0.4) is 0 Å². The zero-order valence-electron chi connectivity index (χ0n) is 10.2. The number of hydrogen-bond acceptors (Lipinski definition) is 3. The summed E-state index contributed by atoms with van der Waals surface area (Å²) in [6.07, 6.45) is 6.62. The summed E-state index contributed by atoms with van der Waals surface area (Å²) in [5, 5.41) is 8.79. The normalized spacial score (nSPS) is 17.0. The topological polar surface area (TPSA) is 70.7 Å². The highest BCUT2D eigenvalue weighted by atomic mass is 16.4. The van der Waals surface area contributed by atoms with Crippen LogP contribution in [0.1, 0.15) is 53.0 Å². The molecule has 1 aliphatic rings. The molecule has 5 heteroatoms. The summed E-state index contributed by atoms with van der Waals surface area (Å²) in [7, 11) is 0. The van der Waals surface area contributed by atoms with E-state index in [2.05, 4.69) is 0 Å². The number of rotatable bonds is 2. The molecule has 1 aromatic heterocycles. The minimum atomic E-state index is -1.08. The van der Waals surface area contributed by atoms with Crippen molar-refractivity contribution in [2.24, 2.45) is 0 Å². The quantitative estimate of drug-likeness (QED) is 0.876. The molecule has 1 fully saturated rings. The molecule has 0 radical (unpaired) electrons. The van der Waals surface area contributed by atoms with E-state index in [0.29, 0.717) is 0 Å². The van der Waals surface area contributed by atoms with Gasteiger partial charge >= 0.3 is 5.97 Å². The monoisotopic (exact) mass is 251 g/mol. The van der Waals surface area contributed by atoms with Gasteiger partial charge in [-0.2, -0.15) is 0 Å². The Labute approximate surface area is 105 Å². The van der Waals surface area contributed by atoms with Crippen molar-refractivity contribution in [3.63, 3.8) is 0 Å². The van der Waals surface area contributed by atoms with E-state index < -0.39 is 5.97 Å². The molecule has 1 amide bonds. The second-order valence-electron chi connectivity index (χ2n) is 4.56. The van der Waals surface area contributed by atoms with Gasteiger partial charge in [0, 0.05) is 19.2 Å². The fraction of sp³-hybridized carbons (Fsp3) is 0.538. The molecule has 1 N–H and O–H groups in total. The number of likely N-dealkylation sites (tertiary alicyclic amines) is 1. The number of carbonyl (C=O) groups is 2. The van der Waals surface area contributed by atoms with Crippen molar-refractivity contribution in [3.05, 3.63) is 23.7 Å². The average molecular weight is 251 g/mol. The van der Waals surface area contributed by atoms with E-state index >= 15 is 0 Å².